The molecule has 23 heavy (non-hydrogen) atoms. The van der Waals surface area contributed by atoms with Crippen molar-refractivity contribution in [1.82, 2.24) is 0 Å². The topological polar surface area (TPSA) is 69.9 Å². The van der Waals surface area contributed by atoms with Gasteiger partial charge in [0.25, 0.3) is 0 Å². The fourth-order valence-electron chi connectivity index (χ4n) is 2.55. The summed E-state index contributed by atoms with van der Waals surface area (Å²) in [5.41, 5.74) is 3.68. The smallest absolute Gasteiger partial charge is 0.141 e. The lowest BCUT2D eigenvalue weighted by atomic mass is 9.98. The second-order valence-corrected chi connectivity index (χ2v) is 6.18. The quantitative estimate of drug-likeness (QED) is 0.691. The summed E-state index contributed by atoms with van der Waals surface area (Å²) in [7, 11) is 0. The van der Waals surface area contributed by atoms with Gasteiger partial charge in [0.1, 0.15) is 29.3 Å². The molecule has 0 radical (unpaired) electrons. The van der Waals surface area contributed by atoms with E-state index in [0.717, 1.165) is 12.8 Å². The van der Waals surface area contributed by atoms with E-state index in [-0.39, 0.29) is 23.7 Å². The molecule has 1 aromatic rings. The van der Waals surface area contributed by atoms with Gasteiger partial charge in [0, 0.05) is 23.6 Å². The van der Waals surface area contributed by atoms with Gasteiger partial charge >= 0.3 is 0 Å². The number of benzene rings is 1. The van der Waals surface area contributed by atoms with Gasteiger partial charge in [0.2, 0.25) is 0 Å². The molecule has 4 nitrogen and oxygen atoms in total. The number of phenolic OH excluding ortho intramolecular Hbond substituents is 2. The minimum absolute atomic E-state index is 0.00406. The van der Waals surface area contributed by atoms with E-state index in [4.69, 9.17) is 4.74 Å². The predicted octanol–water partition coefficient (Wildman–Crippen LogP) is 4.67. The van der Waals surface area contributed by atoms with Crippen LogP contribution in [0.15, 0.2) is 41.4 Å². The number of fused-ring (bicyclic) bond motifs is 1. The third-order valence-electron chi connectivity index (χ3n) is 3.86. The monoisotopic (exact) mass is 316 g/mol. The molecular formula is C19H24O4. The van der Waals surface area contributed by atoms with Crippen LogP contribution in [-0.4, -0.2) is 15.3 Å². The third-order valence-corrected chi connectivity index (χ3v) is 3.86. The number of allylic oxidation sites excluding steroid dienone is 5. The lowest BCUT2D eigenvalue weighted by Gasteiger charge is -2.19. The van der Waals surface area contributed by atoms with Crippen LogP contribution in [0.4, 0.5) is 0 Å². The van der Waals surface area contributed by atoms with Gasteiger partial charge in [-0.05, 0) is 40.0 Å². The van der Waals surface area contributed by atoms with Gasteiger partial charge in [-0.3, -0.25) is 0 Å². The van der Waals surface area contributed by atoms with Crippen molar-refractivity contribution >= 4 is 0 Å². The summed E-state index contributed by atoms with van der Waals surface area (Å²) in [6.07, 6.45) is 8.20. The number of ether oxygens (including phenoxy) is 1. The molecule has 0 saturated carbocycles. The molecule has 3 N–H and O–H groups in total. The number of hydrogen-bond acceptors (Lipinski definition) is 4. The fourth-order valence-corrected chi connectivity index (χ4v) is 2.55. The SMILES string of the molecule is CC(C)=CCC/C(C)=C/Cc1c(O)cc(O)c2c1OC=C(O)C2. The van der Waals surface area contributed by atoms with E-state index in [0.29, 0.717) is 23.3 Å². The van der Waals surface area contributed by atoms with Crippen molar-refractivity contribution in [3.63, 3.8) is 0 Å². The van der Waals surface area contributed by atoms with E-state index in [1.807, 2.05) is 0 Å². The number of rotatable bonds is 5. The van der Waals surface area contributed by atoms with Crippen molar-refractivity contribution in [2.24, 2.45) is 0 Å². The van der Waals surface area contributed by atoms with Crippen LogP contribution in [0.5, 0.6) is 17.2 Å². The maximum atomic E-state index is 10.1. The standard InChI is InChI=1S/C19H24O4/c1-12(2)5-4-6-13(3)7-8-15-17(21)10-18(22)16-9-14(20)11-23-19(15)16/h5,7,10-11,20-22H,4,6,8-9H2,1-3H3/b13-7+. The van der Waals surface area contributed by atoms with E-state index in [1.165, 1.54) is 23.5 Å². The van der Waals surface area contributed by atoms with Crippen molar-refractivity contribution in [1.29, 1.82) is 0 Å². The second-order valence-electron chi connectivity index (χ2n) is 6.18. The van der Waals surface area contributed by atoms with Crippen LogP contribution < -0.4 is 4.74 Å². The summed E-state index contributed by atoms with van der Waals surface area (Å²) in [6.45, 7) is 6.23. The fraction of sp³-hybridized carbons (Fsp3) is 0.368. The van der Waals surface area contributed by atoms with Crippen LogP contribution in [0.2, 0.25) is 0 Å². The predicted molar refractivity (Wildman–Crippen MR) is 90.9 cm³/mol. The Hall–Kier alpha value is -2.36. The Morgan fingerprint density at radius 1 is 1.13 bits per heavy atom. The number of aliphatic hydroxyl groups excluding tert-OH is 1. The summed E-state index contributed by atoms with van der Waals surface area (Å²) in [5, 5.41) is 29.6. The van der Waals surface area contributed by atoms with Crippen molar-refractivity contribution in [3.05, 3.63) is 52.5 Å². The molecule has 0 fully saturated rings. The number of hydrogen-bond donors (Lipinski definition) is 3. The van der Waals surface area contributed by atoms with Crippen LogP contribution in [0.3, 0.4) is 0 Å². The van der Waals surface area contributed by atoms with Crippen LogP contribution in [0.1, 0.15) is 44.7 Å². The molecule has 0 spiro atoms. The summed E-state index contributed by atoms with van der Waals surface area (Å²) in [6, 6.07) is 1.31. The minimum Gasteiger partial charge on any atom is -0.509 e. The Balaban J connectivity index is 2.18. The minimum atomic E-state index is -0.0647. The molecule has 1 aliphatic heterocycles. The zero-order valence-electron chi connectivity index (χ0n) is 13.9. The van der Waals surface area contributed by atoms with Gasteiger partial charge < -0.3 is 20.1 Å². The number of phenols is 2. The van der Waals surface area contributed by atoms with Crippen LogP contribution in [0.25, 0.3) is 0 Å². The van der Waals surface area contributed by atoms with E-state index < -0.39 is 0 Å². The highest BCUT2D eigenvalue weighted by atomic mass is 16.5. The molecule has 0 saturated heterocycles. The molecule has 1 aliphatic rings. The largest absolute Gasteiger partial charge is 0.509 e. The zero-order chi connectivity index (χ0) is 17.0. The first-order valence-corrected chi connectivity index (χ1v) is 7.78. The van der Waals surface area contributed by atoms with Crippen molar-refractivity contribution < 1.29 is 20.1 Å². The maximum Gasteiger partial charge on any atom is 0.141 e. The highest BCUT2D eigenvalue weighted by Gasteiger charge is 2.22. The van der Waals surface area contributed by atoms with Gasteiger partial charge in [-0.1, -0.05) is 23.3 Å². The first-order chi connectivity index (χ1) is 10.9. The van der Waals surface area contributed by atoms with Crippen molar-refractivity contribution in [3.8, 4) is 17.2 Å². The van der Waals surface area contributed by atoms with Crippen LogP contribution in [-0.2, 0) is 12.8 Å². The summed E-state index contributed by atoms with van der Waals surface area (Å²) in [4.78, 5) is 0. The van der Waals surface area contributed by atoms with E-state index >= 15 is 0 Å². The molecule has 0 aliphatic carbocycles. The average molecular weight is 316 g/mol. The number of aromatic hydroxyl groups is 2. The van der Waals surface area contributed by atoms with Gasteiger partial charge in [-0.15, -0.1) is 0 Å². The van der Waals surface area contributed by atoms with Gasteiger partial charge in [0.15, 0.2) is 0 Å². The highest BCUT2D eigenvalue weighted by molar-refractivity contribution is 5.59. The third kappa shape index (κ3) is 4.31. The Morgan fingerprint density at radius 3 is 2.57 bits per heavy atom. The molecule has 0 amide bonds. The molecule has 0 bridgehead atoms. The lowest BCUT2D eigenvalue weighted by Crippen LogP contribution is -2.06. The van der Waals surface area contributed by atoms with Gasteiger partial charge in [-0.2, -0.15) is 0 Å². The van der Waals surface area contributed by atoms with Crippen LogP contribution >= 0.6 is 0 Å². The average Bonchev–Trinajstić information content (AvgIpc) is 2.47. The lowest BCUT2D eigenvalue weighted by molar-refractivity contribution is 0.330. The first kappa shape index (κ1) is 17.0. The molecule has 2 rings (SSSR count). The number of aliphatic hydroxyl groups is 1. The van der Waals surface area contributed by atoms with Gasteiger partial charge in [0.05, 0.1) is 0 Å². The van der Waals surface area contributed by atoms with Crippen molar-refractivity contribution in [2.45, 2.75) is 46.5 Å². The second kappa shape index (κ2) is 7.27. The summed E-state index contributed by atoms with van der Waals surface area (Å²) >= 11 is 0. The van der Waals surface area contributed by atoms with E-state index in [1.54, 1.807) is 0 Å². The van der Waals surface area contributed by atoms with E-state index in [9.17, 15) is 15.3 Å². The highest BCUT2D eigenvalue weighted by Crippen LogP contribution is 2.41. The maximum absolute atomic E-state index is 10.1. The Morgan fingerprint density at radius 2 is 1.87 bits per heavy atom. The Kier molecular flexibility index (Phi) is 5.37. The Bertz CT molecular complexity index is 677. The Labute approximate surface area is 137 Å². The molecular weight excluding hydrogens is 292 g/mol. The molecule has 0 aromatic heterocycles. The summed E-state index contributed by atoms with van der Waals surface area (Å²) < 4.78 is 5.40. The molecule has 0 unspecified atom stereocenters. The van der Waals surface area contributed by atoms with Crippen LogP contribution in [0, 0.1) is 0 Å². The normalized spacial score (nSPS) is 13.9. The van der Waals surface area contributed by atoms with E-state index in [2.05, 4.69) is 32.9 Å². The molecule has 124 valence electrons. The molecule has 1 aromatic carbocycles. The van der Waals surface area contributed by atoms with Gasteiger partial charge in [-0.25, -0.2) is 0 Å². The summed E-state index contributed by atoms with van der Waals surface area (Å²) in [5.74, 6) is 0.432. The zero-order valence-corrected chi connectivity index (χ0v) is 13.9. The first-order valence-electron chi connectivity index (χ1n) is 7.78. The van der Waals surface area contributed by atoms with Crippen molar-refractivity contribution in [2.75, 3.05) is 0 Å². The molecule has 1 heterocycles. The molecule has 0 atom stereocenters. The molecule has 4 heteroatoms.